The van der Waals surface area contributed by atoms with Gasteiger partial charge in [0.15, 0.2) is 5.78 Å². The van der Waals surface area contributed by atoms with Gasteiger partial charge < -0.3 is 4.74 Å². The number of ketones is 1. The van der Waals surface area contributed by atoms with Gasteiger partial charge in [-0.05, 0) is 26.0 Å². The maximum Gasteiger partial charge on any atom is 0.176 e. The van der Waals surface area contributed by atoms with Crippen molar-refractivity contribution in [1.82, 2.24) is 4.90 Å². The van der Waals surface area contributed by atoms with E-state index in [2.05, 4.69) is 20.8 Å². The molecule has 0 spiro atoms. The molecule has 0 bridgehead atoms. The summed E-state index contributed by atoms with van der Waals surface area (Å²) in [5, 5.41) is 0. The number of hydrogen-bond donors (Lipinski definition) is 0. The summed E-state index contributed by atoms with van der Waals surface area (Å²) in [6, 6.07) is 7.55. The normalized spacial score (nSPS) is 25.1. The Kier molecular flexibility index (Phi) is 4.54. The lowest BCUT2D eigenvalue weighted by Gasteiger charge is -2.34. The average molecular weight is 312 g/mol. The fourth-order valence-corrected chi connectivity index (χ4v) is 2.77. The number of Topliss-reactive ketones (excluding diaryl/α,β-unsaturated/α-hetero) is 1. The van der Waals surface area contributed by atoms with E-state index in [1.807, 2.05) is 38.1 Å². The van der Waals surface area contributed by atoms with Crippen molar-refractivity contribution in [2.24, 2.45) is 0 Å². The van der Waals surface area contributed by atoms with Gasteiger partial charge >= 0.3 is 0 Å². The molecule has 3 nitrogen and oxygen atoms in total. The first-order chi connectivity index (χ1) is 8.54. The Morgan fingerprint density at radius 1 is 1.39 bits per heavy atom. The quantitative estimate of drug-likeness (QED) is 0.804. The van der Waals surface area contributed by atoms with Crippen LogP contribution in [0.2, 0.25) is 0 Å². The standard InChI is InChI=1S/C14H18BrNO2/c1-10-7-16(8-11(2)18-10)9-14(17)12-4-3-5-13(15)6-12/h3-6,10-11H,7-9H2,1-2H3. The molecule has 98 valence electrons. The minimum atomic E-state index is 0.164. The third kappa shape index (κ3) is 3.64. The summed E-state index contributed by atoms with van der Waals surface area (Å²) in [5.41, 5.74) is 0.760. The summed E-state index contributed by atoms with van der Waals surface area (Å²) >= 11 is 3.39. The predicted molar refractivity (Wildman–Crippen MR) is 74.9 cm³/mol. The van der Waals surface area contributed by atoms with Crippen LogP contribution in [0.1, 0.15) is 24.2 Å². The van der Waals surface area contributed by atoms with Gasteiger partial charge in [0.25, 0.3) is 0 Å². The minimum absolute atomic E-state index is 0.164. The van der Waals surface area contributed by atoms with Crippen LogP contribution in [0.3, 0.4) is 0 Å². The van der Waals surface area contributed by atoms with Crippen molar-refractivity contribution in [3.8, 4) is 0 Å². The highest BCUT2D eigenvalue weighted by molar-refractivity contribution is 9.10. The monoisotopic (exact) mass is 311 g/mol. The third-order valence-electron chi connectivity index (χ3n) is 3.01. The summed E-state index contributed by atoms with van der Waals surface area (Å²) < 4.78 is 6.60. The molecule has 0 radical (unpaired) electrons. The van der Waals surface area contributed by atoms with Crippen molar-refractivity contribution >= 4 is 21.7 Å². The molecule has 2 atom stereocenters. The van der Waals surface area contributed by atoms with E-state index in [9.17, 15) is 4.79 Å². The SMILES string of the molecule is CC1CN(CC(=O)c2cccc(Br)c2)CC(C)O1. The van der Waals surface area contributed by atoms with Gasteiger partial charge in [-0.1, -0.05) is 28.1 Å². The number of morpholine rings is 1. The van der Waals surface area contributed by atoms with E-state index in [1.165, 1.54) is 0 Å². The molecule has 1 saturated heterocycles. The highest BCUT2D eigenvalue weighted by atomic mass is 79.9. The smallest absolute Gasteiger partial charge is 0.176 e. The Bertz CT molecular complexity index is 426. The fourth-order valence-electron chi connectivity index (χ4n) is 2.37. The van der Waals surface area contributed by atoms with Crippen LogP contribution in [0, 0.1) is 0 Å². The van der Waals surface area contributed by atoms with E-state index in [4.69, 9.17) is 4.74 Å². The molecule has 1 aromatic rings. The van der Waals surface area contributed by atoms with Gasteiger partial charge in [-0.2, -0.15) is 0 Å². The Morgan fingerprint density at radius 2 is 2.06 bits per heavy atom. The lowest BCUT2D eigenvalue weighted by Crippen LogP contribution is -2.47. The van der Waals surface area contributed by atoms with E-state index in [-0.39, 0.29) is 18.0 Å². The maximum atomic E-state index is 12.2. The second kappa shape index (κ2) is 5.95. The third-order valence-corrected chi connectivity index (χ3v) is 3.50. The molecule has 1 heterocycles. The van der Waals surface area contributed by atoms with Gasteiger partial charge in [0.2, 0.25) is 0 Å². The number of hydrogen-bond acceptors (Lipinski definition) is 3. The fraction of sp³-hybridized carbons (Fsp3) is 0.500. The molecule has 2 unspecified atom stereocenters. The zero-order valence-corrected chi connectivity index (χ0v) is 12.3. The molecule has 0 amide bonds. The number of benzene rings is 1. The van der Waals surface area contributed by atoms with E-state index >= 15 is 0 Å². The van der Waals surface area contributed by atoms with Crippen LogP contribution >= 0.6 is 15.9 Å². The molecule has 18 heavy (non-hydrogen) atoms. The van der Waals surface area contributed by atoms with Gasteiger partial charge in [-0.3, -0.25) is 9.69 Å². The summed E-state index contributed by atoms with van der Waals surface area (Å²) in [4.78, 5) is 14.3. The first-order valence-electron chi connectivity index (χ1n) is 6.21. The van der Waals surface area contributed by atoms with Crippen molar-refractivity contribution in [3.63, 3.8) is 0 Å². The largest absolute Gasteiger partial charge is 0.373 e. The van der Waals surface area contributed by atoms with E-state index in [0.717, 1.165) is 23.1 Å². The first kappa shape index (κ1) is 13.7. The molecule has 0 aliphatic carbocycles. The summed E-state index contributed by atoms with van der Waals surface area (Å²) in [5.74, 6) is 0.164. The number of carbonyl (C=O) groups is 1. The van der Waals surface area contributed by atoms with Gasteiger partial charge in [0.1, 0.15) is 0 Å². The Hall–Kier alpha value is -0.710. The highest BCUT2D eigenvalue weighted by Crippen LogP contribution is 2.14. The average Bonchev–Trinajstić information content (AvgIpc) is 2.27. The minimum Gasteiger partial charge on any atom is -0.373 e. The molecule has 1 aliphatic heterocycles. The Balaban J connectivity index is 1.99. The van der Waals surface area contributed by atoms with Crippen LogP contribution in [-0.4, -0.2) is 42.5 Å². The number of halogens is 1. The van der Waals surface area contributed by atoms with E-state index in [0.29, 0.717) is 6.54 Å². The molecule has 0 aromatic heterocycles. The number of ether oxygens (including phenoxy) is 1. The molecule has 1 aromatic carbocycles. The molecular weight excluding hydrogens is 294 g/mol. The van der Waals surface area contributed by atoms with Crippen LogP contribution in [0.5, 0.6) is 0 Å². The second-order valence-electron chi connectivity index (χ2n) is 4.88. The molecular formula is C14H18BrNO2. The highest BCUT2D eigenvalue weighted by Gasteiger charge is 2.23. The summed E-state index contributed by atoms with van der Waals surface area (Å²) in [7, 11) is 0. The zero-order chi connectivity index (χ0) is 13.1. The van der Waals surface area contributed by atoms with Crippen molar-refractivity contribution in [2.45, 2.75) is 26.1 Å². The molecule has 1 aliphatic rings. The molecule has 0 N–H and O–H groups in total. The Labute approximate surface area is 116 Å². The topological polar surface area (TPSA) is 29.5 Å². The molecule has 0 saturated carbocycles. The number of nitrogens with zero attached hydrogens (tertiary/aromatic N) is 1. The summed E-state index contributed by atoms with van der Waals surface area (Å²) in [6.45, 7) is 6.21. The Morgan fingerprint density at radius 3 is 2.67 bits per heavy atom. The van der Waals surface area contributed by atoms with Crippen molar-refractivity contribution in [3.05, 3.63) is 34.3 Å². The molecule has 1 fully saturated rings. The number of carbonyl (C=O) groups excluding carboxylic acids is 1. The van der Waals surface area contributed by atoms with Crippen LogP contribution in [0.15, 0.2) is 28.7 Å². The van der Waals surface area contributed by atoms with Gasteiger partial charge in [0.05, 0.1) is 18.8 Å². The molecule has 4 heteroatoms. The predicted octanol–water partition coefficient (Wildman–Crippen LogP) is 2.74. The lowest BCUT2D eigenvalue weighted by molar-refractivity contribution is -0.0652. The van der Waals surface area contributed by atoms with E-state index < -0.39 is 0 Å². The zero-order valence-electron chi connectivity index (χ0n) is 10.7. The van der Waals surface area contributed by atoms with Crippen LogP contribution in [-0.2, 0) is 4.74 Å². The van der Waals surface area contributed by atoms with Crippen LogP contribution < -0.4 is 0 Å². The van der Waals surface area contributed by atoms with Crippen LogP contribution in [0.25, 0.3) is 0 Å². The van der Waals surface area contributed by atoms with Crippen molar-refractivity contribution in [1.29, 1.82) is 0 Å². The van der Waals surface area contributed by atoms with Gasteiger partial charge in [0, 0.05) is 23.1 Å². The lowest BCUT2D eigenvalue weighted by atomic mass is 10.1. The van der Waals surface area contributed by atoms with E-state index in [1.54, 1.807) is 0 Å². The number of rotatable bonds is 3. The summed E-state index contributed by atoms with van der Waals surface area (Å²) in [6.07, 6.45) is 0.396. The van der Waals surface area contributed by atoms with Crippen molar-refractivity contribution < 1.29 is 9.53 Å². The second-order valence-corrected chi connectivity index (χ2v) is 5.80. The van der Waals surface area contributed by atoms with Crippen LogP contribution in [0.4, 0.5) is 0 Å². The van der Waals surface area contributed by atoms with Crippen molar-refractivity contribution in [2.75, 3.05) is 19.6 Å². The van der Waals surface area contributed by atoms with Gasteiger partial charge in [-0.25, -0.2) is 0 Å². The molecule has 2 rings (SSSR count). The first-order valence-corrected chi connectivity index (χ1v) is 7.00. The maximum absolute atomic E-state index is 12.2. The van der Waals surface area contributed by atoms with Gasteiger partial charge in [-0.15, -0.1) is 0 Å².